The molecule has 1 aromatic rings. The number of hydrogen-bond acceptors (Lipinski definition) is 4. The predicted molar refractivity (Wildman–Crippen MR) is 58.8 cm³/mol. The van der Waals surface area contributed by atoms with Gasteiger partial charge < -0.3 is 15.8 Å². The molecule has 1 rings (SSSR count). The number of methoxy groups -OCH3 is 1. The van der Waals surface area contributed by atoms with Gasteiger partial charge in [0, 0.05) is 12.1 Å². The quantitative estimate of drug-likeness (QED) is 0.698. The summed E-state index contributed by atoms with van der Waals surface area (Å²) < 4.78 is 4.43. The van der Waals surface area contributed by atoms with Crippen molar-refractivity contribution in [2.45, 2.75) is 6.04 Å². The van der Waals surface area contributed by atoms with E-state index in [-0.39, 0.29) is 12.5 Å². The SMILES string of the molecule is COC(=O)C(N)CNC(=O)c1ccccc1. The van der Waals surface area contributed by atoms with Gasteiger partial charge in [-0.05, 0) is 12.1 Å². The molecule has 0 radical (unpaired) electrons. The van der Waals surface area contributed by atoms with E-state index in [4.69, 9.17) is 5.73 Å². The molecule has 0 saturated heterocycles. The molecule has 16 heavy (non-hydrogen) atoms. The van der Waals surface area contributed by atoms with Gasteiger partial charge in [-0.2, -0.15) is 0 Å². The topological polar surface area (TPSA) is 81.4 Å². The smallest absolute Gasteiger partial charge is 0.324 e. The Labute approximate surface area is 93.6 Å². The molecule has 1 unspecified atom stereocenters. The number of nitrogens with one attached hydrogen (secondary N) is 1. The summed E-state index contributed by atoms with van der Waals surface area (Å²) in [6.45, 7) is 0.0560. The maximum absolute atomic E-state index is 11.5. The summed E-state index contributed by atoms with van der Waals surface area (Å²) in [7, 11) is 1.25. The van der Waals surface area contributed by atoms with Crippen LogP contribution in [0.5, 0.6) is 0 Å². The van der Waals surface area contributed by atoms with Crippen LogP contribution in [0.3, 0.4) is 0 Å². The number of benzene rings is 1. The Morgan fingerprint density at radius 1 is 1.38 bits per heavy atom. The van der Waals surface area contributed by atoms with E-state index in [0.29, 0.717) is 5.56 Å². The van der Waals surface area contributed by atoms with Crippen molar-refractivity contribution in [2.24, 2.45) is 5.73 Å². The van der Waals surface area contributed by atoms with E-state index in [2.05, 4.69) is 10.1 Å². The van der Waals surface area contributed by atoms with Crippen LogP contribution >= 0.6 is 0 Å². The Bertz CT molecular complexity index is 365. The molecule has 0 bridgehead atoms. The van der Waals surface area contributed by atoms with E-state index >= 15 is 0 Å². The summed E-state index contributed by atoms with van der Waals surface area (Å²) in [5.74, 6) is -0.812. The van der Waals surface area contributed by atoms with Crippen molar-refractivity contribution in [1.82, 2.24) is 5.32 Å². The van der Waals surface area contributed by atoms with E-state index in [0.717, 1.165) is 0 Å². The molecule has 0 aliphatic carbocycles. The average molecular weight is 222 g/mol. The van der Waals surface area contributed by atoms with E-state index in [9.17, 15) is 9.59 Å². The summed E-state index contributed by atoms with van der Waals surface area (Å²) in [5, 5.41) is 2.55. The van der Waals surface area contributed by atoms with Gasteiger partial charge in [0.15, 0.2) is 0 Å². The highest BCUT2D eigenvalue weighted by atomic mass is 16.5. The van der Waals surface area contributed by atoms with Gasteiger partial charge in [-0.25, -0.2) is 0 Å². The number of esters is 1. The highest BCUT2D eigenvalue weighted by molar-refractivity contribution is 5.94. The van der Waals surface area contributed by atoms with Crippen molar-refractivity contribution in [2.75, 3.05) is 13.7 Å². The normalized spacial score (nSPS) is 11.6. The van der Waals surface area contributed by atoms with Gasteiger partial charge in [0.1, 0.15) is 6.04 Å². The number of amides is 1. The second-order valence-electron chi connectivity index (χ2n) is 3.21. The Morgan fingerprint density at radius 3 is 2.56 bits per heavy atom. The molecule has 0 heterocycles. The maximum Gasteiger partial charge on any atom is 0.324 e. The first kappa shape index (κ1) is 12.2. The molecule has 5 heteroatoms. The second kappa shape index (κ2) is 5.87. The minimum atomic E-state index is -0.835. The van der Waals surface area contributed by atoms with Gasteiger partial charge in [-0.3, -0.25) is 9.59 Å². The van der Waals surface area contributed by atoms with Crippen molar-refractivity contribution in [3.05, 3.63) is 35.9 Å². The lowest BCUT2D eigenvalue weighted by Gasteiger charge is -2.10. The number of hydrogen-bond donors (Lipinski definition) is 2. The zero-order chi connectivity index (χ0) is 12.0. The number of nitrogens with two attached hydrogens (primary N) is 1. The zero-order valence-electron chi connectivity index (χ0n) is 8.97. The first-order valence-corrected chi connectivity index (χ1v) is 4.82. The fourth-order valence-electron chi connectivity index (χ4n) is 1.13. The van der Waals surface area contributed by atoms with Crippen LogP contribution in [0.4, 0.5) is 0 Å². The Morgan fingerprint density at radius 2 is 2.00 bits per heavy atom. The molecule has 1 amide bonds. The molecule has 86 valence electrons. The summed E-state index contributed by atoms with van der Waals surface area (Å²) in [4.78, 5) is 22.5. The molecule has 5 nitrogen and oxygen atoms in total. The van der Waals surface area contributed by atoms with E-state index < -0.39 is 12.0 Å². The largest absolute Gasteiger partial charge is 0.468 e. The number of carbonyl (C=O) groups is 2. The molecular formula is C11H14N2O3. The minimum absolute atomic E-state index is 0.0560. The van der Waals surface area contributed by atoms with Crippen LogP contribution in [0.15, 0.2) is 30.3 Å². The number of carbonyl (C=O) groups excluding carboxylic acids is 2. The van der Waals surface area contributed by atoms with Gasteiger partial charge in [-0.15, -0.1) is 0 Å². The second-order valence-corrected chi connectivity index (χ2v) is 3.21. The Kier molecular flexibility index (Phi) is 4.47. The van der Waals surface area contributed by atoms with Crippen molar-refractivity contribution in [3.63, 3.8) is 0 Å². The van der Waals surface area contributed by atoms with Crippen LogP contribution in [0, 0.1) is 0 Å². The van der Waals surface area contributed by atoms with Gasteiger partial charge in [0.25, 0.3) is 5.91 Å². The van der Waals surface area contributed by atoms with E-state index in [1.54, 1.807) is 24.3 Å². The lowest BCUT2D eigenvalue weighted by atomic mass is 10.2. The highest BCUT2D eigenvalue weighted by Gasteiger charge is 2.14. The van der Waals surface area contributed by atoms with Gasteiger partial charge in [0.05, 0.1) is 7.11 Å². The first-order chi connectivity index (χ1) is 7.65. The predicted octanol–water partition coefficient (Wildman–Crippen LogP) is -0.0833. The number of rotatable bonds is 4. The van der Waals surface area contributed by atoms with Crippen molar-refractivity contribution < 1.29 is 14.3 Å². The lowest BCUT2D eigenvalue weighted by Crippen LogP contribution is -2.43. The van der Waals surface area contributed by atoms with E-state index in [1.165, 1.54) is 7.11 Å². The maximum atomic E-state index is 11.5. The summed E-state index contributed by atoms with van der Waals surface area (Å²) in [6.07, 6.45) is 0. The van der Waals surface area contributed by atoms with Crippen LogP contribution in [0.25, 0.3) is 0 Å². The highest BCUT2D eigenvalue weighted by Crippen LogP contribution is 1.97. The van der Waals surface area contributed by atoms with Crippen molar-refractivity contribution >= 4 is 11.9 Å². The fourth-order valence-corrected chi connectivity index (χ4v) is 1.13. The molecule has 3 N–H and O–H groups in total. The van der Waals surface area contributed by atoms with Crippen LogP contribution < -0.4 is 11.1 Å². The van der Waals surface area contributed by atoms with Crippen molar-refractivity contribution in [3.8, 4) is 0 Å². The molecule has 1 aromatic carbocycles. The Balaban J connectivity index is 2.45. The fraction of sp³-hybridized carbons (Fsp3) is 0.273. The third-order valence-corrected chi connectivity index (χ3v) is 2.02. The molecule has 0 fully saturated rings. The van der Waals surface area contributed by atoms with Crippen LogP contribution in [-0.4, -0.2) is 31.6 Å². The summed E-state index contributed by atoms with van der Waals surface area (Å²) in [5.41, 5.74) is 5.99. The summed E-state index contributed by atoms with van der Waals surface area (Å²) >= 11 is 0. The monoisotopic (exact) mass is 222 g/mol. The van der Waals surface area contributed by atoms with Crippen molar-refractivity contribution in [1.29, 1.82) is 0 Å². The average Bonchev–Trinajstić information content (AvgIpc) is 2.35. The van der Waals surface area contributed by atoms with Crippen LogP contribution in [0.2, 0.25) is 0 Å². The van der Waals surface area contributed by atoms with Gasteiger partial charge in [-0.1, -0.05) is 18.2 Å². The van der Waals surface area contributed by atoms with Gasteiger partial charge in [0.2, 0.25) is 0 Å². The number of ether oxygens (including phenoxy) is 1. The molecule has 0 aliphatic rings. The van der Waals surface area contributed by atoms with E-state index in [1.807, 2.05) is 6.07 Å². The Hall–Kier alpha value is -1.88. The molecule has 0 aliphatic heterocycles. The van der Waals surface area contributed by atoms with Gasteiger partial charge >= 0.3 is 5.97 Å². The molecule has 1 atom stereocenters. The third-order valence-electron chi connectivity index (χ3n) is 2.02. The molecule has 0 spiro atoms. The van der Waals surface area contributed by atoms with Crippen LogP contribution in [-0.2, 0) is 9.53 Å². The molecule has 0 aromatic heterocycles. The lowest BCUT2D eigenvalue weighted by molar-refractivity contribution is -0.141. The molecule has 0 saturated carbocycles. The minimum Gasteiger partial charge on any atom is -0.468 e. The third kappa shape index (κ3) is 3.36. The first-order valence-electron chi connectivity index (χ1n) is 4.82. The zero-order valence-corrected chi connectivity index (χ0v) is 8.97. The molecular weight excluding hydrogens is 208 g/mol. The summed E-state index contributed by atoms with van der Waals surface area (Å²) in [6, 6.07) is 7.86. The standard InChI is InChI=1S/C11H14N2O3/c1-16-11(15)9(12)7-13-10(14)8-5-3-2-4-6-8/h2-6,9H,7,12H2,1H3,(H,13,14). The van der Waals surface area contributed by atoms with Crippen LogP contribution in [0.1, 0.15) is 10.4 Å².